The van der Waals surface area contributed by atoms with Gasteiger partial charge in [0.1, 0.15) is 0 Å². The van der Waals surface area contributed by atoms with E-state index >= 15 is 0 Å². The van der Waals surface area contributed by atoms with Crippen molar-refractivity contribution in [1.82, 2.24) is 25.7 Å². The van der Waals surface area contributed by atoms with Crippen LogP contribution >= 0.6 is 12.4 Å². The second kappa shape index (κ2) is 10.3. The minimum absolute atomic E-state index is 0. The van der Waals surface area contributed by atoms with Crippen molar-refractivity contribution in [3.8, 4) is 0 Å². The van der Waals surface area contributed by atoms with Crippen molar-refractivity contribution in [2.75, 3.05) is 18.4 Å². The third-order valence-corrected chi connectivity index (χ3v) is 4.80. The lowest BCUT2D eigenvalue weighted by Gasteiger charge is -2.17. The number of aromatic nitrogens is 2. The maximum absolute atomic E-state index is 12.7. The van der Waals surface area contributed by atoms with E-state index in [4.69, 9.17) is 0 Å². The summed E-state index contributed by atoms with van der Waals surface area (Å²) in [6.07, 6.45) is 3.80. The Labute approximate surface area is 177 Å². The molecule has 3 rings (SSSR count). The third kappa shape index (κ3) is 6.20. The van der Waals surface area contributed by atoms with Gasteiger partial charge in [0.05, 0.1) is 12.1 Å². The molecule has 29 heavy (non-hydrogen) atoms. The average molecular weight is 421 g/mol. The maximum Gasteiger partial charge on any atom is 0.319 e. The molecule has 1 fully saturated rings. The zero-order chi connectivity index (χ0) is 20.1. The van der Waals surface area contributed by atoms with Crippen LogP contribution in [0.5, 0.6) is 0 Å². The largest absolute Gasteiger partial charge is 0.352 e. The van der Waals surface area contributed by atoms with E-state index in [1.54, 1.807) is 4.68 Å². The van der Waals surface area contributed by atoms with Gasteiger partial charge in [-0.05, 0) is 37.1 Å². The van der Waals surface area contributed by atoms with Gasteiger partial charge >= 0.3 is 6.03 Å². The summed E-state index contributed by atoms with van der Waals surface area (Å²) in [5.74, 6) is 0.0713. The summed E-state index contributed by atoms with van der Waals surface area (Å²) in [6, 6.07) is 7.31. The molecule has 0 saturated carbocycles. The lowest BCUT2D eigenvalue weighted by Crippen LogP contribution is -2.34. The highest BCUT2D eigenvalue weighted by Gasteiger charge is 2.34. The van der Waals surface area contributed by atoms with Crippen LogP contribution in [0.15, 0.2) is 36.7 Å². The van der Waals surface area contributed by atoms with Gasteiger partial charge in [-0.15, -0.1) is 12.4 Å². The van der Waals surface area contributed by atoms with Crippen LogP contribution < -0.4 is 21.3 Å². The molecule has 0 spiro atoms. The Kier molecular flexibility index (Phi) is 8.04. The molecule has 4 N–H and O–H groups in total. The highest BCUT2D eigenvalue weighted by molar-refractivity contribution is 5.89. The predicted molar refractivity (Wildman–Crippen MR) is 115 cm³/mol. The second-order valence-corrected chi connectivity index (χ2v) is 7.49. The van der Waals surface area contributed by atoms with Crippen molar-refractivity contribution in [2.45, 2.75) is 32.4 Å². The first-order chi connectivity index (χ1) is 13.4. The molecule has 1 aromatic heterocycles. The Balaban J connectivity index is 0.00000300. The number of amides is 3. The highest BCUT2D eigenvalue weighted by atomic mass is 35.5. The maximum atomic E-state index is 12.7. The van der Waals surface area contributed by atoms with Crippen LogP contribution in [0.1, 0.15) is 30.9 Å². The number of hydrogen-bond acceptors (Lipinski definition) is 4. The molecule has 8 nitrogen and oxygen atoms in total. The molecule has 2 heterocycles. The molecule has 0 unspecified atom stereocenters. The first-order valence-corrected chi connectivity index (χ1v) is 9.56. The van der Waals surface area contributed by atoms with E-state index in [1.165, 1.54) is 0 Å². The molecule has 1 aromatic carbocycles. The summed E-state index contributed by atoms with van der Waals surface area (Å²) in [5, 5.41) is 16.1. The third-order valence-electron chi connectivity index (χ3n) is 4.80. The van der Waals surface area contributed by atoms with Crippen molar-refractivity contribution in [3.63, 3.8) is 0 Å². The lowest BCUT2D eigenvalue weighted by atomic mass is 9.90. The molecule has 0 radical (unpaired) electrons. The Morgan fingerprint density at radius 1 is 1.24 bits per heavy atom. The summed E-state index contributed by atoms with van der Waals surface area (Å²) >= 11 is 0. The zero-order valence-electron chi connectivity index (χ0n) is 16.9. The number of benzene rings is 1. The van der Waals surface area contributed by atoms with E-state index < -0.39 is 0 Å². The van der Waals surface area contributed by atoms with Crippen LogP contribution in [-0.4, -0.2) is 40.9 Å². The number of nitrogens with zero attached hydrogens (tertiary/aromatic N) is 2. The van der Waals surface area contributed by atoms with E-state index in [1.807, 2.05) is 57.6 Å². The van der Waals surface area contributed by atoms with Gasteiger partial charge in [-0.1, -0.05) is 12.1 Å². The Hall–Kier alpha value is -2.58. The van der Waals surface area contributed by atoms with Crippen LogP contribution in [0.3, 0.4) is 0 Å². The average Bonchev–Trinajstić information content (AvgIpc) is 3.28. The van der Waals surface area contributed by atoms with E-state index in [2.05, 4.69) is 26.4 Å². The standard InChI is InChI=1S/C20H28N6O2.ClH/c1-13(2)24-20(28)25-16-6-4-14(5-7-16)8-22-19(27)18-11-21-10-17(18)15-9-23-26(3)12-15;/h4-7,9,12-13,17-18,21H,8,10-11H2,1-3H3,(H,22,27)(H2,24,25,28);1H/t17-,18+;/m1./s1. The van der Waals surface area contributed by atoms with Crippen LogP contribution in [0.25, 0.3) is 0 Å². The van der Waals surface area contributed by atoms with Crippen LogP contribution in [0.2, 0.25) is 0 Å². The SMILES string of the molecule is CC(C)NC(=O)Nc1ccc(CNC(=O)[C@H]2CNC[C@@H]2c2cnn(C)c2)cc1.Cl. The molecule has 1 aliphatic heterocycles. The Morgan fingerprint density at radius 2 is 1.97 bits per heavy atom. The van der Waals surface area contributed by atoms with Gasteiger partial charge in [0.2, 0.25) is 5.91 Å². The fourth-order valence-electron chi connectivity index (χ4n) is 3.39. The van der Waals surface area contributed by atoms with Crippen LogP contribution in [0.4, 0.5) is 10.5 Å². The van der Waals surface area contributed by atoms with Gasteiger partial charge in [0, 0.05) is 50.5 Å². The Bertz CT molecular complexity index is 821. The van der Waals surface area contributed by atoms with Gasteiger partial charge in [-0.3, -0.25) is 9.48 Å². The monoisotopic (exact) mass is 420 g/mol. The first kappa shape index (κ1) is 22.7. The molecule has 2 aromatic rings. The highest BCUT2D eigenvalue weighted by Crippen LogP contribution is 2.28. The molecular formula is C20H29ClN6O2. The van der Waals surface area contributed by atoms with Gasteiger partial charge in [-0.25, -0.2) is 4.79 Å². The van der Waals surface area contributed by atoms with E-state index in [0.717, 1.165) is 17.7 Å². The topological polar surface area (TPSA) is 100 Å². The van der Waals surface area contributed by atoms with Crippen LogP contribution in [-0.2, 0) is 18.4 Å². The number of urea groups is 1. The van der Waals surface area contributed by atoms with Gasteiger partial charge in [0.25, 0.3) is 0 Å². The van der Waals surface area contributed by atoms with Gasteiger partial charge in [0.15, 0.2) is 0 Å². The quantitative estimate of drug-likeness (QED) is 0.574. The fourth-order valence-corrected chi connectivity index (χ4v) is 3.39. The molecule has 0 aliphatic carbocycles. The Morgan fingerprint density at radius 3 is 2.59 bits per heavy atom. The number of anilines is 1. The normalized spacial score (nSPS) is 18.2. The fraction of sp³-hybridized carbons (Fsp3) is 0.450. The minimum atomic E-state index is -0.230. The summed E-state index contributed by atoms with van der Waals surface area (Å²) in [7, 11) is 1.88. The van der Waals surface area contributed by atoms with Gasteiger partial charge < -0.3 is 21.3 Å². The number of carbonyl (C=O) groups is 2. The summed E-state index contributed by atoms with van der Waals surface area (Å²) in [5.41, 5.74) is 2.78. The number of aryl methyl sites for hydroxylation is 1. The summed E-state index contributed by atoms with van der Waals surface area (Å²) < 4.78 is 1.76. The molecule has 9 heteroatoms. The van der Waals surface area contributed by atoms with E-state index in [9.17, 15) is 9.59 Å². The molecule has 2 atom stereocenters. The second-order valence-electron chi connectivity index (χ2n) is 7.49. The smallest absolute Gasteiger partial charge is 0.319 e. The van der Waals surface area contributed by atoms with Crippen molar-refractivity contribution >= 4 is 30.0 Å². The zero-order valence-corrected chi connectivity index (χ0v) is 17.8. The molecular weight excluding hydrogens is 392 g/mol. The summed E-state index contributed by atoms with van der Waals surface area (Å²) in [6.45, 7) is 5.71. The molecule has 1 aliphatic rings. The number of carbonyl (C=O) groups excluding carboxylic acids is 2. The summed E-state index contributed by atoms with van der Waals surface area (Å²) in [4.78, 5) is 24.4. The number of rotatable bonds is 6. The van der Waals surface area contributed by atoms with Crippen molar-refractivity contribution in [2.24, 2.45) is 13.0 Å². The molecule has 158 valence electrons. The van der Waals surface area contributed by atoms with Crippen molar-refractivity contribution in [1.29, 1.82) is 0 Å². The van der Waals surface area contributed by atoms with Crippen molar-refractivity contribution in [3.05, 3.63) is 47.8 Å². The number of nitrogens with one attached hydrogen (secondary N) is 4. The van der Waals surface area contributed by atoms with E-state index in [0.29, 0.717) is 18.8 Å². The lowest BCUT2D eigenvalue weighted by molar-refractivity contribution is -0.125. The molecule has 0 bridgehead atoms. The van der Waals surface area contributed by atoms with Gasteiger partial charge in [-0.2, -0.15) is 5.10 Å². The van der Waals surface area contributed by atoms with Crippen LogP contribution in [0, 0.1) is 5.92 Å². The number of hydrogen-bond donors (Lipinski definition) is 4. The molecule has 1 saturated heterocycles. The molecule has 3 amide bonds. The minimum Gasteiger partial charge on any atom is -0.352 e. The number of halogens is 1. The van der Waals surface area contributed by atoms with Crippen molar-refractivity contribution < 1.29 is 9.59 Å². The first-order valence-electron chi connectivity index (χ1n) is 9.56. The van der Waals surface area contributed by atoms with E-state index in [-0.39, 0.29) is 42.2 Å². The predicted octanol–water partition coefficient (Wildman–Crippen LogP) is 1.99.